The molecule has 2 fully saturated rings. The standard InChI is InChI=1S/C32H41NO4S/c1-4-37-31(35)28-29-26(38-30(28)33-27(34)14-9-19-7-5-6-8-19)18-25-24-12-10-20-17-21(36-3)11-13-22(20)23(24)15-16-32(25,29)2/h11,13,17,19,23-25H,4-10,12,14-16,18H2,1-3H3,(H,33,34)/t23-,24+,25+,32-/m1/s1. The number of benzene rings is 1. The number of aryl methyl sites for hydroxylation is 1. The zero-order valence-corrected chi connectivity index (χ0v) is 23.9. The van der Waals surface area contributed by atoms with Gasteiger partial charge in [0.2, 0.25) is 5.91 Å². The van der Waals surface area contributed by atoms with Gasteiger partial charge in [-0.25, -0.2) is 4.79 Å². The van der Waals surface area contributed by atoms with Crippen LogP contribution in [0.2, 0.25) is 0 Å². The number of thiophene rings is 1. The largest absolute Gasteiger partial charge is 0.497 e. The fourth-order valence-corrected chi connectivity index (χ4v) is 9.83. The van der Waals surface area contributed by atoms with Gasteiger partial charge in [0.25, 0.3) is 0 Å². The number of ether oxygens (including phenoxy) is 2. The topological polar surface area (TPSA) is 64.6 Å². The fourth-order valence-electron chi connectivity index (χ4n) is 8.43. The second kappa shape index (κ2) is 10.3. The Kier molecular flexibility index (Phi) is 7.04. The van der Waals surface area contributed by atoms with Crippen LogP contribution in [0.5, 0.6) is 5.75 Å². The van der Waals surface area contributed by atoms with Gasteiger partial charge in [0.05, 0.1) is 19.3 Å². The van der Waals surface area contributed by atoms with E-state index in [1.165, 1.54) is 53.7 Å². The molecule has 1 N–H and O–H groups in total. The van der Waals surface area contributed by atoms with Crippen molar-refractivity contribution in [2.45, 2.75) is 95.8 Å². The summed E-state index contributed by atoms with van der Waals surface area (Å²) in [5.41, 5.74) is 4.70. The normalized spacial score (nSPS) is 27.7. The van der Waals surface area contributed by atoms with Gasteiger partial charge in [-0.2, -0.15) is 0 Å². The van der Waals surface area contributed by atoms with E-state index in [1.54, 1.807) is 18.4 Å². The molecule has 0 spiro atoms. The van der Waals surface area contributed by atoms with Gasteiger partial charge >= 0.3 is 5.97 Å². The molecule has 1 amide bonds. The summed E-state index contributed by atoms with van der Waals surface area (Å²) in [5, 5.41) is 3.88. The van der Waals surface area contributed by atoms with E-state index < -0.39 is 0 Å². The number of methoxy groups -OCH3 is 1. The van der Waals surface area contributed by atoms with Crippen molar-refractivity contribution in [2.75, 3.05) is 19.0 Å². The molecule has 38 heavy (non-hydrogen) atoms. The van der Waals surface area contributed by atoms with Crippen molar-refractivity contribution in [3.8, 4) is 5.75 Å². The Hall–Kier alpha value is -2.34. The second-order valence-corrected chi connectivity index (χ2v) is 13.3. The van der Waals surface area contributed by atoms with Crippen LogP contribution < -0.4 is 10.1 Å². The van der Waals surface area contributed by atoms with Crippen LogP contribution >= 0.6 is 11.3 Å². The lowest BCUT2D eigenvalue weighted by Gasteiger charge is -2.49. The van der Waals surface area contributed by atoms with Gasteiger partial charge in [0, 0.05) is 11.3 Å². The summed E-state index contributed by atoms with van der Waals surface area (Å²) < 4.78 is 11.1. The lowest BCUT2D eigenvalue weighted by atomic mass is 9.54. The lowest BCUT2D eigenvalue weighted by Crippen LogP contribution is -2.43. The van der Waals surface area contributed by atoms with Crippen LogP contribution in [0.1, 0.15) is 109 Å². The highest BCUT2D eigenvalue weighted by molar-refractivity contribution is 7.17. The highest BCUT2D eigenvalue weighted by Crippen LogP contribution is 2.63. The molecule has 0 saturated heterocycles. The van der Waals surface area contributed by atoms with Gasteiger partial charge in [-0.1, -0.05) is 38.7 Å². The Labute approximate surface area is 230 Å². The first-order valence-corrected chi connectivity index (χ1v) is 15.5. The van der Waals surface area contributed by atoms with Crippen LogP contribution in [0.3, 0.4) is 0 Å². The Morgan fingerprint density at radius 1 is 1.16 bits per heavy atom. The molecule has 0 unspecified atom stereocenters. The quantitative estimate of drug-likeness (QED) is 0.375. The van der Waals surface area contributed by atoms with E-state index in [0.717, 1.165) is 37.9 Å². The monoisotopic (exact) mass is 535 g/mol. The van der Waals surface area contributed by atoms with E-state index in [4.69, 9.17) is 9.47 Å². The number of fused-ring (bicyclic) bond motifs is 7. The minimum atomic E-state index is -0.277. The van der Waals surface area contributed by atoms with Crippen molar-refractivity contribution in [2.24, 2.45) is 17.8 Å². The van der Waals surface area contributed by atoms with Crippen LogP contribution in [0, 0.1) is 17.8 Å². The van der Waals surface area contributed by atoms with Crippen LogP contribution in [-0.2, 0) is 27.8 Å². The molecule has 1 aromatic carbocycles. The van der Waals surface area contributed by atoms with Crippen molar-refractivity contribution in [1.29, 1.82) is 0 Å². The molecule has 0 bridgehead atoms. The van der Waals surface area contributed by atoms with E-state index in [1.807, 2.05) is 6.92 Å². The first-order valence-electron chi connectivity index (χ1n) is 14.7. The SMILES string of the molecule is CCOC(=O)c1c(NC(=O)CCC2CCCC2)sc2c1[C@]1(C)CC[C@@H]3c4ccc(OC)cc4CC[C@@H]3[C@@H]1C2. The van der Waals surface area contributed by atoms with Crippen LogP contribution in [-0.4, -0.2) is 25.6 Å². The predicted octanol–water partition coefficient (Wildman–Crippen LogP) is 7.41. The van der Waals surface area contributed by atoms with Gasteiger partial charge in [-0.15, -0.1) is 11.3 Å². The third kappa shape index (κ3) is 4.37. The average Bonchev–Trinajstić information content (AvgIpc) is 3.62. The molecule has 0 aliphatic heterocycles. The predicted molar refractivity (Wildman–Crippen MR) is 151 cm³/mol. The van der Waals surface area contributed by atoms with Crippen molar-refractivity contribution in [3.63, 3.8) is 0 Å². The minimum absolute atomic E-state index is 0.0344. The Morgan fingerprint density at radius 2 is 1.97 bits per heavy atom. The fraction of sp³-hybridized carbons (Fsp3) is 0.625. The highest BCUT2D eigenvalue weighted by atomic mass is 32.1. The number of carbonyl (C=O) groups is 2. The molecule has 4 aliphatic rings. The van der Waals surface area contributed by atoms with Gasteiger partial charge in [-0.05, 0) is 103 Å². The molecule has 4 atom stereocenters. The van der Waals surface area contributed by atoms with Crippen molar-refractivity contribution in [1.82, 2.24) is 0 Å². The second-order valence-electron chi connectivity index (χ2n) is 12.2. The summed E-state index contributed by atoms with van der Waals surface area (Å²) in [6.45, 7) is 4.57. The molecule has 2 saturated carbocycles. The van der Waals surface area contributed by atoms with E-state index in [9.17, 15) is 9.59 Å². The molecule has 2 aromatic rings. The van der Waals surface area contributed by atoms with Crippen LogP contribution in [0.15, 0.2) is 18.2 Å². The maximum atomic E-state index is 13.4. The zero-order chi connectivity index (χ0) is 26.4. The van der Waals surface area contributed by atoms with Crippen LogP contribution in [0.25, 0.3) is 0 Å². The van der Waals surface area contributed by atoms with Crippen molar-refractivity contribution < 1.29 is 19.1 Å². The number of anilines is 1. The summed E-state index contributed by atoms with van der Waals surface area (Å²) in [6.07, 6.45) is 12.0. The maximum absolute atomic E-state index is 13.4. The van der Waals surface area contributed by atoms with Gasteiger partial charge in [-0.3, -0.25) is 4.79 Å². The number of rotatable bonds is 7. The molecule has 4 aliphatic carbocycles. The highest BCUT2D eigenvalue weighted by Gasteiger charge is 2.55. The van der Waals surface area contributed by atoms with E-state index >= 15 is 0 Å². The number of carbonyl (C=O) groups excluding carboxylic acids is 2. The first-order chi connectivity index (χ1) is 18.4. The molecule has 5 nitrogen and oxygen atoms in total. The zero-order valence-electron chi connectivity index (χ0n) is 23.1. The summed E-state index contributed by atoms with van der Waals surface area (Å²) in [7, 11) is 1.74. The summed E-state index contributed by atoms with van der Waals surface area (Å²) >= 11 is 1.63. The maximum Gasteiger partial charge on any atom is 0.341 e. The van der Waals surface area contributed by atoms with Crippen molar-refractivity contribution in [3.05, 3.63) is 45.3 Å². The molecule has 0 radical (unpaired) electrons. The Balaban J connectivity index is 1.27. The summed E-state index contributed by atoms with van der Waals surface area (Å²) in [5.74, 6) is 3.07. The molecule has 6 heteroatoms. The molecular formula is C32H41NO4S. The Morgan fingerprint density at radius 3 is 2.74 bits per heavy atom. The number of esters is 1. The van der Waals surface area contributed by atoms with Crippen molar-refractivity contribution >= 4 is 28.2 Å². The van der Waals surface area contributed by atoms with E-state index in [0.29, 0.717) is 47.3 Å². The number of nitrogens with one attached hydrogen (secondary N) is 1. The number of amides is 1. The minimum Gasteiger partial charge on any atom is -0.497 e. The van der Waals surface area contributed by atoms with Gasteiger partial charge < -0.3 is 14.8 Å². The number of hydrogen-bond donors (Lipinski definition) is 1. The average molecular weight is 536 g/mol. The van der Waals surface area contributed by atoms with E-state index in [2.05, 4.69) is 30.4 Å². The molecule has 1 aromatic heterocycles. The van der Waals surface area contributed by atoms with Crippen LogP contribution in [0.4, 0.5) is 5.00 Å². The van der Waals surface area contributed by atoms with Gasteiger partial charge in [0.1, 0.15) is 10.8 Å². The summed E-state index contributed by atoms with van der Waals surface area (Å²) in [6, 6.07) is 6.63. The third-order valence-corrected chi connectivity index (χ3v) is 11.4. The van der Waals surface area contributed by atoms with E-state index in [-0.39, 0.29) is 17.3 Å². The molecular weight excluding hydrogens is 494 g/mol. The Bertz CT molecular complexity index is 1230. The summed E-state index contributed by atoms with van der Waals surface area (Å²) in [4.78, 5) is 27.6. The molecule has 1 heterocycles. The number of hydrogen-bond acceptors (Lipinski definition) is 5. The third-order valence-electron chi connectivity index (χ3n) is 10.3. The van der Waals surface area contributed by atoms with Gasteiger partial charge in [0.15, 0.2) is 0 Å². The lowest BCUT2D eigenvalue weighted by molar-refractivity contribution is -0.116. The molecule has 204 valence electrons. The first kappa shape index (κ1) is 25.9. The molecule has 6 rings (SSSR count). The smallest absolute Gasteiger partial charge is 0.341 e.